The van der Waals surface area contributed by atoms with Crippen molar-refractivity contribution in [3.63, 3.8) is 0 Å². The van der Waals surface area contributed by atoms with E-state index in [-0.39, 0.29) is 49.2 Å². The van der Waals surface area contributed by atoms with Crippen molar-refractivity contribution in [3.05, 3.63) is 71.8 Å². The van der Waals surface area contributed by atoms with Crippen LogP contribution in [0.15, 0.2) is 60.7 Å². The van der Waals surface area contributed by atoms with Crippen molar-refractivity contribution in [1.82, 2.24) is 30.7 Å². The molecule has 3 aliphatic rings. The van der Waals surface area contributed by atoms with Crippen LogP contribution in [0, 0.1) is 11.3 Å². The molecule has 3 heterocycles. The van der Waals surface area contributed by atoms with Crippen molar-refractivity contribution in [2.45, 2.75) is 94.6 Å². The molecule has 3 saturated heterocycles. The number of hydrogen-bond acceptors (Lipinski definition) is 9. The van der Waals surface area contributed by atoms with E-state index in [1.165, 1.54) is 6.26 Å². The van der Waals surface area contributed by atoms with E-state index in [1.54, 1.807) is 14.7 Å². The summed E-state index contributed by atoms with van der Waals surface area (Å²) in [6.07, 6.45) is 5.04. The fourth-order valence-electron chi connectivity index (χ4n) is 8.00. The summed E-state index contributed by atoms with van der Waals surface area (Å²) in [5, 5.41) is 8.21. The molecule has 4 atom stereocenters. The van der Waals surface area contributed by atoms with Crippen molar-refractivity contribution in [2.24, 2.45) is 22.8 Å². The van der Waals surface area contributed by atoms with Crippen molar-refractivity contribution in [2.75, 3.05) is 52.1 Å². The number of rotatable bonds is 18. The summed E-state index contributed by atoms with van der Waals surface area (Å²) in [7, 11) is -3.17. The predicted molar refractivity (Wildman–Crippen MR) is 222 cm³/mol. The molecule has 0 aliphatic carbocycles. The Morgan fingerprint density at radius 2 is 1.28 bits per heavy atom. The van der Waals surface area contributed by atoms with Gasteiger partial charge in [0, 0.05) is 57.4 Å². The van der Waals surface area contributed by atoms with Gasteiger partial charge in [0.15, 0.2) is 9.84 Å². The Kier molecular flexibility index (Phi) is 15.3. The standard InChI is InChI=1S/C42H62N8O7S/c1-29(2)22-35(47-39(53)36(24-31-14-8-5-9-15-31)46-37(51)33(44)23-30-12-6-4-7-13-30)38(52)45-34(16-10-11-19-43)40(54)48-20-17-42(18-21-48)27-50(28-42)41(55)49-25-32(26-49)58(3,56)57/h4-9,12-15,29,32-36H,10-11,16-28,43-44H2,1-3H3,(H,45,52)(H,46,51)(H,47,53)/t33-,34-,35-,36-/m1/s1. The van der Waals surface area contributed by atoms with E-state index in [9.17, 15) is 32.4 Å². The molecule has 0 radical (unpaired) electrons. The number of urea groups is 1. The normalized spacial score (nSPS) is 18.7. The average Bonchev–Trinajstić information content (AvgIpc) is 3.15. The first-order chi connectivity index (χ1) is 27.6. The van der Waals surface area contributed by atoms with Crippen molar-refractivity contribution in [3.8, 4) is 0 Å². The lowest BCUT2D eigenvalue weighted by molar-refractivity contribution is -0.141. The Bertz CT molecular complexity index is 1830. The van der Waals surface area contributed by atoms with Gasteiger partial charge in [-0.1, -0.05) is 74.5 Å². The van der Waals surface area contributed by atoms with Crippen LogP contribution in [-0.4, -0.2) is 134 Å². The van der Waals surface area contributed by atoms with E-state index in [2.05, 4.69) is 16.0 Å². The highest BCUT2D eigenvalue weighted by Crippen LogP contribution is 2.41. The van der Waals surface area contributed by atoms with Crippen LogP contribution >= 0.6 is 0 Å². The van der Waals surface area contributed by atoms with Crippen LogP contribution in [0.4, 0.5) is 4.79 Å². The monoisotopic (exact) mass is 822 g/mol. The summed E-state index contributed by atoms with van der Waals surface area (Å²) >= 11 is 0. The Morgan fingerprint density at radius 3 is 1.83 bits per heavy atom. The zero-order valence-corrected chi connectivity index (χ0v) is 34.9. The van der Waals surface area contributed by atoms with E-state index in [0.29, 0.717) is 71.2 Å². The van der Waals surface area contributed by atoms with E-state index in [1.807, 2.05) is 74.5 Å². The molecule has 2 aromatic rings. The van der Waals surface area contributed by atoms with Crippen molar-refractivity contribution in [1.29, 1.82) is 0 Å². The molecule has 0 bridgehead atoms. The molecule has 0 unspecified atom stereocenters. The zero-order chi connectivity index (χ0) is 42.0. The summed E-state index contributed by atoms with van der Waals surface area (Å²) in [6.45, 7) is 6.84. The van der Waals surface area contributed by atoms with Crippen LogP contribution in [0.2, 0.25) is 0 Å². The summed E-state index contributed by atoms with van der Waals surface area (Å²) in [5.74, 6) is -1.69. The smallest absolute Gasteiger partial charge is 0.320 e. The van der Waals surface area contributed by atoms with Gasteiger partial charge >= 0.3 is 6.03 Å². The molecule has 16 heteroatoms. The Morgan fingerprint density at radius 1 is 0.741 bits per heavy atom. The second-order valence-corrected chi connectivity index (χ2v) is 19.2. The van der Waals surface area contributed by atoms with E-state index in [0.717, 1.165) is 11.1 Å². The third-order valence-electron chi connectivity index (χ3n) is 11.6. The third-order valence-corrected chi connectivity index (χ3v) is 13.1. The second kappa shape index (κ2) is 19.9. The number of nitrogens with two attached hydrogens (primary N) is 2. The van der Waals surface area contributed by atoms with Gasteiger partial charge in [0.05, 0.1) is 11.3 Å². The van der Waals surface area contributed by atoms with Gasteiger partial charge in [0.1, 0.15) is 18.1 Å². The first-order valence-corrected chi connectivity index (χ1v) is 22.5. The predicted octanol–water partition coefficient (Wildman–Crippen LogP) is 1.20. The summed E-state index contributed by atoms with van der Waals surface area (Å²) in [5.41, 5.74) is 13.7. The quantitative estimate of drug-likeness (QED) is 0.136. The minimum absolute atomic E-state index is 0.0123. The van der Waals surface area contributed by atoms with Crippen LogP contribution in [0.25, 0.3) is 0 Å². The maximum Gasteiger partial charge on any atom is 0.320 e. The van der Waals surface area contributed by atoms with Crippen LogP contribution < -0.4 is 27.4 Å². The second-order valence-electron chi connectivity index (χ2n) is 16.9. The molecule has 7 N–H and O–H groups in total. The molecular formula is C42H62N8O7S. The molecular weight excluding hydrogens is 761 g/mol. The van der Waals surface area contributed by atoms with Gasteiger partial charge in [-0.25, -0.2) is 13.2 Å². The summed E-state index contributed by atoms with van der Waals surface area (Å²) in [6, 6.07) is 14.8. The van der Waals surface area contributed by atoms with Gasteiger partial charge < -0.3 is 42.1 Å². The molecule has 5 rings (SSSR count). The molecule has 3 aliphatic heterocycles. The number of nitrogens with zero attached hydrogens (tertiary/aromatic N) is 3. The number of sulfone groups is 1. The number of carbonyl (C=O) groups is 5. The molecule has 1 spiro atoms. The van der Waals surface area contributed by atoms with Gasteiger partial charge in [0.25, 0.3) is 0 Å². The highest BCUT2D eigenvalue weighted by molar-refractivity contribution is 7.91. The first-order valence-electron chi connectivity index (χ1n) is 20.5. The Labute approximate surface area is 342 Å². The average molecular weight is 823 g/mol. The summed E-state index contributed by atoms with van der Waals surface area (Å²) in [4.78, 5) is 73.6. The number of hydrogen-bond donors (Lipinski definition) is 5. The molecule has 3 fully saturated rings. The number of unbranched alkanes of at least 4 members (excludes halogenated alkanes) is 1. The van der Waals surface area contributed by atoms with Gasteiger partial charge in [-0.15, -0.1) is 0 Å². The minimum Gasteiger partial charge on any atom is -0.343 e. The maximum absolute atomic E-state index is 14.1. The Hall–Kier alpha value is -4.54. The number of benzene rings is 2. The number of amides is 6. The highest BCUT2D eigenvalue weighted by atomic mass is 32.2. The van der Waals surface area contributed by atoms with Crippen molar-refractivity contribution >= 4 is 39.5 Å². The van der Waals surface area contributed by atoms with Gasteiger partial charge in [-0.2, -0.15) is 0 Å². The molecule has 6 amide bonds. The van der Waals surface area contributed by atoms with Crippen LogP contribution in [0.5, 0.6) is 0 Å². The third kappa shape index (κ3) is 12.0. The van der Waals surface area contributed by atoms with Crippen molar-refractivity contribution < 1.29 is 32.4 Å². The largest absolute Gasteiger partial charge is 0.343 e. The molecule has 0 aromatic heterocycles. The number of nitrogens with one attached hydrogen (secondary N) is 3. The van der Waals surface area contributed by atoms with E-state index >= 15 is 0 Å². The molecule has 318 valence electrons. The highest BCUT2D eigenvalue weighted by Gasteiger charge is 2.50. The lowest BCUT2D eigenvalue weighted by atomic mass is 9.72. The maximum atomic E-state index is 14.1. The lowest BCUT2D eigenvalue weighted by Crippen LogP contribution is -2.68. The summed E-state index contributed by atoms with van der Waals surface area (Å²) < 4.78 is 23.6. The molecule has 2 aromatic carbocycles. The SMILES string of the molecule is CC(C)C[C@@H](NC(=O)[C@@H](Cc1ccccc1)NC(=O)[C@H](N)Cc1ccccc1)C(=O)N[C@H](CCCCN)C(=O)N1CCC2(CC1)CN(C(=O)N1CC(S(C)(=O)=O)C1)C2. The Balaban J connectivity index is 1.20. The van der Waals surface area contributed by atoms with Gasteiger partial charge in [-0.05, 0) is 68.5 Å². The number of likely N-dealkylation sites (tertiary alicyclic amines) is 3. The molecule has 15 nitrogen and oxygen atoms in total. The topological polar surface area (TPSA) is 217 Å². The van der Waals surface area contributed by atoms with E-state index < -0.39 is 57.0 Å². The molecule has 0 saturated carbocycles. The van der Waals surface area contributed by atoms with Crippen LogP contribution in [-0.2, 0) is 41.9 Å². The number of carbonyl (C=O) groups excluding carboxylic acids is 5. The van der Waals surface area contributed by atoms with E-state index in [4.69, 9.17) is 11.5 Å². The molecule has 58 heavy (non-hydrogen) atoms. The van der Waals surface area contributed by atoms with Gasteiger partial charge in [-0.3, -0.25) is 19.2 Å². The first kappa shape index (κ1) is 44.6. The lowest BCUT2D eigenvalue weighted by Gasteiger charge is -2.55. The number of piperidine rings is 1. The van der Waals surface area contributed by atoms with Gasteiger partial charge in [0.2, 0.25) is 23.6 Å². The van der Waals surface area contributed by atoms with Crippen LogP contribution in [0.3, 0.4) is 0 Å². The minimum atomic E-state index is -3.17. The fraction of sp³-hybridized carbons (Fsp3) is 0.595. The fourth-order valence-corrected chi connectivity index (χ4v) is 8.90. The zero-order valence-electron chi connectivity index (χ0n) is 34.1. The van der Waals surface area contributed by atoms with Crippen LogP contribution in [0.1, 0.15) is 63.5 Å².